The number of hydrogen-bond donors (Lipinski definition) is 2. The van der Waals surface area contributed by atoms with Gasteiger partial charge in [0.05, 0.1) is 5.69 Å². The van der Waals surface area contributed by atoms with Crippen LogP contribution in [-0.4, -0.2) is 53.1 Å². The minimum atomic E-state index is -0.475. The van der Waals surface area contributed by atoms with E-state index in [0.717, 1.165) is 13.0 Å². The van der Waals surface area contributed by atoms with Crippen molar-refractivity contribution < 1.29 is 23.5 Å². The zero-order chi connectivity index (χ0) is 24.2. The first-order chi connectivity index (χ1) is 17.1. The fourth-order valence-corrected chi connectivity index (χ4v) is 4.02. The van der Waals surface area contributed by atoms with Crippen molar-refractivity contribution in [2.75, 3.05) is 31.7 Å². The maximum atomic E-state index is 14.3. The second kappa shape index (κ2) is 9.96. The Hall–Kier alpha value is -4.21. The van der Waals surface area contributed by atoms with Crippen LogP contribution in [0.4, 0.5) is 15.9 Å². The van der Waals surface area contributed by atoms with E-state index in [-0.39, 0.29) is 29.8 Å². The Kier molecular flexibility index (Phi) is 6.42. The molecule has 9 nitrogen and oxygen atoms in total. The van der Waals surface area contributed by atoms with Crippen LogP contribution in [0.2, 0.25) is 0 Å². The lowest BCUT2D eigenvalue weighted by molar-refractivity contribution is -0.127. The molecule has 0 aliphatic carbocycles. The number of nitrogens with one attached hydrogen (secondary N) is 2. The van der Waals surface area contributed by atoms with E-state index in [2.05, 4.69) is 20.6 Å². The van der Waals surface area contributed by atoms with Crippen molar-refractivity contribution >= 4 is 23.3 Å². The second-order valence-electron chi connectivity index (χ2n) is 8.22. The van der Waals surface area contributed by atoms with Crippen LogP contribution in [0, 0.1) is 5.82 Å². The molecule has 2 N–H and O–H groups in total. The molecule has 3 heterocycles. The molecule has 0 bridgehead atoms. The Balaban J connectivity index is 1.36. The number of anilines is 2. The van der Waals surface area contributed by atoms with Crippen molar-refractivity contribution in [1.82, 2.24) is 20.2 Å². The lowest BCUT2D eigenvalue weighted by Gasteiger charge is -2.16. The van der Waals surface area contributed by atoms with E-state index in [0.29, 0.717) is 48.8 Å². The summed E-state index contributed by atoms with van der Waals surface area (Å²) in [4.78, 5) is 35.4. The average Bonchev–Trinajstić information content (AvgIpc) is 3.51. The molecule has 5 rings (SSSR count). The van der Waals surface area contributed by atoms with Crippen LogP contribution in [0.15, 0.2) is 48.7 Å². The number of carbonyl (C=O) groups is 2. The number of benzene rings is 2. The number of likely N-dealkylation sites (tertiary alicyclic amines) is 1. The fourth-order valence-electron chi connectivity index (χ4n) is 4.02. The zero-order valence-corrected chi connectivity index (χ0v) is 18.9. The van der Waals surface area contributed by atoms with Gasteiger partial charge in [-0.3, -0.25) is 9.59 Å². The third-order valence-electron chi connectivity index (χ3n) is 5.85. The summed E-state index contributed by atoms with van der Waals surface area (Å²) in [6.45, 7) is 1.88. The molecule has 0 atom stereocenters. The molecular weight excluding hydrogens is 453 g/mol. The SMILES string of the molecule is O=C(NCCCN1CCCC1=O)c1cnc(-c2ccc3c(c2)OCO3)nc1Nc1ccccc1F. The largest absolute Gasteiger partial charge is 0.454 e. The summed E-state index contributed by atoms with van der Waals surface area (Å²) in [5.41, 5.74) is 1.02. The number of ether oxygens (including phenoxy) is 2. The van der Waals surface area contributed by atoms with Gasteiger partial charge in [-0.2, -0.15) is 0 Å². The standard InChI is InChI=1S/C25H24FN5O4/c26-18-5-1-2-6-19(18)29-24-17(25(33)27-10-4-12-31-11-3-7-22(31)32)14-28-23(30-24)16-8-9-20-21(13-16)35-15-34-20/h1-2,5-6,8-9,13-14H,3-4,7,10-12,15H2,(H,27,33)(H,28,29,30). The summed E-state index contributed by atoms with van der Waals surface area (Å²) < 4.78 is 25.1. The molecule has 2 amide bonds. The predicted molar refractivity (Wildman–Crippen MR) is 126 cm³/mol. The zero-order valence-electron chi connectivity index (χ0n) is 18.9. The highest BCUT2D eigenvalue weighted by Crippen LogP contribution is 2.35. The molecule has 1 fully saturated rings. The summed E-state index contributed by atoms with van der Waals surface area (Å²) >= 11 is 0. The first-order valence-electron chi connectivity index (χ1n) is 11.4. The molecule has 3 aromatic rings. The maximum Gasteiger partial charge on any atom is 0.256 e. The van der Waals surface area contributed by atoms with E-state index in [1.54, 1.807) is 41.3 Å². The smallest absolute Gasteiger partial charge is 0.256 e. The fraction of sp³-hybridized carbons (Fsp3) is 0.280. The van der Waals surface area contributed by atoms with Crippen LogP contribution in [0.25, 0.3) is 11.4 Å². The number of para-hydroxylation sites is 1. The summed E-state index contributed by atoms with van der Waals surface area (Å²) in [5, 5.41) is 5.77. The lowest BCUT2D eigenvalue weighted by atomic mass is 10.1. The number of amides is 2. The molecule has 1 saturated heterocycles. The molecule has 0 spiro atoms. The highest BCUT2D eigenvalue weighted by molar-refractivity contribution is 5.99. The molecule has 1 aromatic heterocycles. The average molecular weight is 477 g/mol. The summed E-state index contributed by atoms with van der Waals surface area (Å²) in [6.07, 6.45) is 3.51. The third kappa shape index (κ3) is 5.01. The van der Waals surface area contributed by atoms with Gasteiger partial charge in [0.25, 0.3) is 5.91 Å². The molecule has 35 heavy (non-hydrogen) atoms. The number of halogens is 1. The first-order valence-corrected chi connectivity index (χ1v) is 11.4. The topological polar surface area (TPSA) is 106 Å². The summed E-state index contributed by atoms with van der Waals surface area (Å²) in [6, 6.07) is 11.5. The predicted octanol–water partition coefficient (Wildman–Crippen LogP) is 3.50. The van der Waals surface area contributed by atoms with Crippen LogP contribution in [0.1, 0.15) is 29.6 Å². The molecule has 180 valence electrons. The highest BCUT2D eigenvalue weighted by atomic mass is 19.1. The highest BCUT2D eigenvalue weighted by Gasteiger charge is 2.21. The molecule has 2 aromatic carbocycles. The number of nitrogens with zero attached hydrogens (tertiary/aromatic N) is 3. The van der Waals surface area contributed by atoms with Crippen LogP contribution in [-0.2, 0) is 4.79 Å². The third-order valence-corrected chi connectivity index (χ3v) is 5.85. The number of hydrogen-bond acceptors (Lipinski definition) is 7. The van der Waals surface area contributed by atoms with Crippen molar-refractivity contribution in [2.24, 2.45) is 0 Å². The van der Waals surface area contributed by atoms with Crippen molar-refractivity contribution in [1.29, 1.82) is 0 Å². The van der Waals surface area contributed by atoms with Crippen LogP contribution >= 0.6 is 0 Å². The number of carbonyl (C=O) groups excluding carboxylic acids is 2. The van der Waals surface area contributed by atoms with Crippen molar-refractivity contribution in [3.8, 4) is 22.9 Å². The van der Waals surface area contributed by atoms with E-state index in [9.17, 15) is 14.0 Å². The van der Waals surface area contributed by atoms with Gasteiger partial charge in [0.1, 0.15) is 17.2 Å². The van der Waals surface area contributed by atoms with Crippen molar-refractivity contribution in [3.05, 3.63) is 60.0 Å². The van der Waals surface area contributed by atoms with Gasteiger partial charge in [0, 0.05) is 37.8 Å². The van der Waals surface area contributed by atoms with Gasteiger partial charge in [-0.25, -0.2) is 14.4 Å². The van der Waals surface area contributed by atoms with E-state index >= 15 is 0 Å². The maximum absolute atomic E-state index is 14.3. The number of fused-ring (bicyclic) bond motifs is 1. The van der Waals surface area contributed by atoms with E-state index in [1.807, 2.05) is 0 Å². The molecule has 2 aliphatic heterocycles. The van der Waals surface area contributed by atoms with Gasteiger partial charge in [0.2, 0.25) is 12.7 Å². The quantitative estimate of drug-likeness (QED) is 0.479. The first kappa shape index (κ1) is 22.6. The summed E-state index contributed by atoms with van der Waals surface area (Å²) in [5.74, 6) is 1.00. The number of aromatic nitrogens is 2. The minimum Gasteiger partial charge on any atom is -0.454 e. The Morgan fingerprint density at radius 1 is 1.14 bits per heavy atom. The van der Waals surface area contributed by atoms with Gasteiger partial charge in [0.15, 0.2) is 17.3 Å². The van der Waals surface area contributed by atoms with Crippen LogP contribution in [0.3, 0.4) is 0 Å². The molecule has 0 unspecified atom stereocenters. The normalized spacial score (nSPS) is 14.3. The monoisotopic (exact) mass is 477 g/mol. The van der Waals surface area contributed by atoms with Crippen molar-refractivity contribution in [3.63, 3.8) is 0 Å². The lowest BCUT2D eigenvalue weighted by Crippen LogP contribution is -2.31. The molecule has 2 aliphatic rings. The Morgan fingerprint density at radius 3 is 2.83 bits per heavy atom. The van der Waals surface area contributed by atoms with Gasteiger partial charge >= 0.3 is 0 Å². The Morgan fingerprint density at radius 2 is 2.00 bits per heavy atom. The van der Waals surface area contributed by atoms with Gasteiger partial charge < -0.3 is 25.0 Å². The second-order valence-corrected chi connectivity index (χ2v) is 8.22. The van der Waals surface area contributed by atoms with Crippen molar-refractivity contribution in [2.45, 2.75) is 19.3 Å². The van der Waals surface area contributed by atoms with E-state index < -0.39 is 11.7 Å². The van der Waals surface area contributed by atoms with Crippen LogP contribution < -0.4 is 20.1 Å². The number of rotatable bonds is 8. The molecular formula is C25H24FN5O4. The Labute approximate surface area is 201 Å². The molecule has 0 saturated carbocycles. The molecule has 10 heteroatoms. The van der Waals surface area contributed by atoms with Gasteiger partial charge in [-0.05, 0) is 43.2 Å². The Bertz CT molecular complexity index is 1270. The van der Waals surface area contributed by atoms with Crippen LogP contribution in [0.5, 0.6) is 11.5 Å². The van der Waals surface area contributed by atoms with Gasteiger partial charge in [-0.15, -0.1) is 0 Å². The molecule has 0 radical (unpaired) electrons. The minimum absolute atomic E-state index is 0.144. The summed E-state index contributed by atoms with van der Waals surface area (Å²) in [7, 11) is 0. The van der Waals surface area contributed by atoms with E-state index in [4.69, 9.17) is 9.47 Å². The van der Waals surface area contributed by atoms with Gasteiger partial charge in [-0.1, -0.05) is 12.1 Å². The van der Waals surface area contributed by atoms with E-state index in [1.165, 1.54) is 12.3 Å².